The number of nitrogens with zero attached hydrogens (tertiary/aromatic N) is 1. The molecule has 1 fully saturated rings. The molecule has 1 amide bonds. The van der Waals surface area contributed by atoms with Crippen LogP contribution in [0.15, 0.2) is 82.2 Å². The normalized spacial score (nSPS) is 14.5. The minimum Gasteiger partial charge on any atom is -0.492 e. The molecule has 3 aromatic rings. The van der Waals surface area contributed by atoms with Crippen LogP contribution >= 0.6 is 15.9 Å². The van der Waals surface area contributed by atoms with Crippen LogP contribution in [0.4, 0.5) is 5.69 Å². The van der Waals surface area contributed by atoms with E-state index in [1.165, 1.54) is 16.4 Å². The maximum atomic E-state index is 13.0. The summed E-state index contributed by atoms with van der Waals surface area (Å²) in [4.78, 5) is 13.2. The number of rotatable bonds is 8. The molecule has 0 spiro atoms. The monoisotopic (exact) mass is 542 g/mol. The van der Waals surface area contributed by atoms with Gasteiger partial charge in [-0.15, -0.1) is 0 Å². The number of hydrogen-bond acceptors (Lipinski definition) is 4. The van der Waals surface area contributed by atoms with Gasteiger partial charge in [0.05, 0.1) is 17.1 Å². The topological polar surface area (TPSA) is 75.7 Å². The molecule has 0 unspecified atom stereocenters. The number of anilines is 1. The molecule has 1 N–H and O–H groups in total. The van der Waals surface area contributed by atoms with Crippen LogP contribution in [-0.4, -0.2) is 38.3 Å². The third kappa shape index (κ3) is 6.05. The van der Waals surface area contributed by atoms with Gasteiger partial charge in [0.15, 0.2) is 0 Å². The molecule has 4 rings (SSSR count). The molecule has 8 heteroatoms. The first-order valence-corrected chi connectivity index (χ1v) is 13.5. The van der Waals surface area contributed by atoms with Gasteiger partial charge in [0.25, 0.3) is 5.91 Å². The summed E-state index contributed by atoms with van der Waals surface area (Å²) in [6.45, 7) is 1.54. The Morgan fingerprint density at radius 3 is 2.35 bits per heavy atom. The van der Waals surface area contributed by atoms with Crippen LogP contribution in [0.2, 0.25) is 0 Å². The number of carbonyl (C=O) groups is 1. The minimum atomic E-state index is -3.51. The second-order valence-electron chi connectivity index (χ2n) is 8.17. The first-order chi connectivity index (χ1) is 16.4. The molecule has 0 saturated carbocycles. The Balaban J connectivity index is 1.43. The summed E-state index contributed by atoms with van der Waals surface area (Å²) in [5, 5.41) is 2.84. The highest BCUT2D eigenvalue weighted by Crippen LogP contribution is 2.26. The number of nitrogens with one attached hydrogen (secondary N) is 1. The molecule has 0 atom stereocenters. The van der Waals surface area contributed by atoms with Gasteiger partial charge in [-0.2, -0.15) is 4.31 Å². The van der Waals surface area contributed by atoms with Gasteiger partial charge in [0.1, 0.15) is 5.75 Å². The van der Waals surface area contributed by atoms with Gasteiger partial charge in [-0.25, -0.2) is 8.42 Å². The fourth-order valence-electron chi connectivity index (χ4n) is 3.89. The molecule has 0 aromatic heterocycles. The van der Waals surface area contributed by atoms with Gasteiger partial charge in [-0.05, 0) is 60.9 Å². The molecule has 3 aromatic carbocycles. The Kier molecular flexibility index (Phi) is 8.03. The van der Waals surface area contributed by atoms with Crippen molar-refractivity contribution in [2.24, 2.45) is 0 Å². The van der Waals surface area contributed by atoms with Crippen LogP contribution in [-0.2, 0) is 16.4 Å². The summed E-state index contributed by atoms with van der Waals surface area (Å²) in [7, 11) is -3.51. The van der Waals surface area contributed by atoms with Gasteiger partial charge in [0, 0.05) is 29.7 Å². The summed E-state index contributed by atoms with van der Waals surface area (Å²) >= 11 is 3.42. The number of benzene rings is 3. The fraction of sp³-hybridized carbons (Fsp3) is 0.269. The lowest BCUT2D eigenvalue weighted by molar-refractivity contribution is 0.102. The molecule has 0 radical (unpaired) electrons. The Hall–Kier alpha value is -2.68. The van der Waals surface area contributed by atoms with Crippen LogP contribution in [0, 0.1) is 0 Å². The average Bonchev–Trinajstić information content (AvgIpc) is 2.86. The number of sulfonamides is 1. The lowest BCUT2D eigenvalue weighted by Crippen LogP contribution is -2.35. The van der Waals surface area contributed by atoms with E-state index in [0.29, 0.717) is 36.7 Å². The average molecular weight is 543 g/mol. The lowest BCUT2D eigenvalue weighted by Gasteiger charge is -2.25. The van der Waals surface area contributed by atoms with E-state index in [2.05, 4.69) is 21.2 Å². The summed E-state index contributed by atoms with van der Waals surface area (Å²) in [5.41, 5.74) is 2.07. The molecule has 1 aliphatic rings. The molecule has 178 valence electrons. The van der Waals surface area contributed by atoms with Crippen molar-refractivity contribution < 1.29 is 17.9 Å². The van der Waals surface area contributed by atoms with Crippen molar-refractivity contribution in [3.63, 3.8) is 0 Å². The third-order valence-corrected chi connectivity index (χ3v) is 8.15. The molecule has 0 bridgehead atoms. The zero-order valence-corrected chi connectivity index (χ0v) is 21.1. The summed E-state index contributed by atoms with van der Waals surface area (Å²) in [5.74, 6) is 0.156. The summed E-state index contributed by atoms with van der Waals surface area (Å²) < 4.78 is 33.9. The van der Waals surface area contributed by atoms with Crippen molar-refractivity contribution in [1.29, 1.82) is 0 Å². The van der Waals surface area contributed by atoms with Crippen molar-refractivity contribution in [1.82, 2.24) is 4.31 Å². The molecule has 0 aliphatic carbocycles. The van der Waals surface area contributed by atoms with E-state index in [1.807, 2.05) is 36.4 Å². The highest BCUT2D eigenvalue weighted by Gasteiger charge is 2.25. The highest BCUT2D eigenvalue weighted by molar-refractivity contribution is 9.10. The molecule has 1 aliphatic heterocycles. The van der Waals surface area contributed by atoms with Gasteiger partial charge in [-0.3, -0.25) is 4.79 Å². The SMILES string of the molecule is O=C(Nc1ccc(S(=O)(=O)N2CCCCC2)cc1)c1cc(Br)ccc1OCCc1ccccc1. The molecule has 6 nitrogen and oxygen atoms in total. The molecule has 34 heavy (non-hydrogen) atoms. The Morgan fingerprint density at radius 2 is 1.65 bits per heavy atom. The molecular formula is C26H27BrN2O4S. The predicted octanol–water partition coefficient (Wildman–Crippen LogP) is 5.50. The number of carbonyl (C=O) groups excluding carboxylic acids is 1. The van der Waals surface area contributed by atoms with E-state index in [0.717, 1.165) is 35.7 Å². The van der Waals surface area contributed by atoms with E-state index in [9.17, 15) is 13.2 Å². The molecule has 1 heterocycles. The number of halogens is 1. The zero-order valence-electron chi connectivity index (χ0n) is 18.7. The van der Waals surface area contributed by atoms with E-state index < -0.39 is 10.0 Å². The number of piperidine rings is 1. The summed E-state index contributed by atoms with van der Waals surface area (Å²) in [6.07, 6.45) is 3.56. The van der Waals surface area contributed by atoms with Crippen LogP contribution in [0.5, 0.6) is 5.75 Å². The first-order valence-electron chi connectivity index (χ1n) is 11.3. The van der Waals surface area contributed by atoms with Crippen molar-refractivity contribution in [2.45, 2.75) is 30.6 Å². The number of amides is 1. The van der Waals surface area contributed by atoms with Gasteiger partial charge < -0.3 is 10.1 Å². The Labute approximate surface area is 209 Å². The van der Waals surface area contributed by atoms with E-state index in [4.69, 9.17) is 4.74 Å². The van der Waals surface area contributed by atoms with Crippen molar-refractivity contribution in [3.05, 3.63) is 88.4 Å². The first kappa shape index (κ1) is 24.4. The Morgan fingerprint density at radius 1 is 0.941 bits per heavy atom. The minimum absolute atomic E-state index is 0.236. The largest absolute Gasteiger partial charge is 0.492 e. The molecule has 1 saturated heterocycles. The molecular weight excluding hydrogens is 516 g/mol. The van der Waals surface area contributed by atoms with Crippen molar-refractivity contribution >= 4 is 37.5 Å². The zero-order chi connectivity index (χ0) is 24.0. The second-order valence-corrected chi connectivity index (χ2v) is 11.0. The maximum absolute atomic E-state index is 13.0. The van der Waals surface area contributed by atoms with Gasteiger partial charge in [0.2, 0.25) is 10.0 Å². The Bertz CT molecular complexity index is 1230. The second kappa shape index (κ2) is 11.2. The van der Waals surface area contributed by atoms with Crippen LogP contribution in [0.1, 0.15) is 35.2 Å². The highest BCUT2D eigenvalue weighted by atomic mass is 79.9. The fourth-order valence-corrected chi connectivity index (χ4v) is 5.77. The quantitative estimate of drug-likeness (QED) is 0.407. The number of hydrogen-bond donors (Lipinski definition) is 1. The van der Waals surface area contributed by atoms with Crippen LogP contribution in [0.3, 0.4) is 0 Å². The third-order valence-electron chi connectivity index (χ3n) is 5.74. The van der Waals surface area contributed by atoms with Crippen molar-refractivity contribution in [2.75, 3.05) is 25.0 Å². The van der Waals surface area contributed by atoms with Crippen LogP contribution in [0.25, 0.3) is 0 Å². The number of ether oxygens (including phenoxy) is 1. The lowest BCUT2D eigenvalue weighted by atomic mass is 10.1. The van der Waals surface area contributed by atoms with Gasteiger partial charge >= 0.3 is 0 Å². The van der Waals surface area contributed by atoms with E-state index in [-0.39, 0.29) is 10.8 Å². The van der Waals surface area contributed by atoms with E-state index >= 15 is 0 Å². The summed E-state index contributed by atoms with van der Waals surface area (Å²) in [6, 6.07) is 21.6. The van der Waals surface area contributed by atoms with E-state index in [1.54, 1.807) is 24.3 Å². The van der Waals surface area contributed by atoms with Crippen molar-refractivity contribution in [3.8, 4) is 5.75 Å². The van der Waals surface area contributed by atoms with Gasteiger partial charge in [-0.1, -0.05) is 52.7 Å². The predicted molar refractivity (Wildman–Crippen MR) is 137 cm³/mol. The smallest absolute Gasteiger partial charge is 0.259 e. The maximum Gasteiger partial charge on any atom is 0.259 e. The standard InChI is InChI=1S/C26H27BrN2O4S/c27-21-9-14-25(33-18-15-20-7-3-1-4-8-20)24(19-21)26(30)28-22-10-12-23(13-11-22)34(31,32)29-16-5-2-6-17-29/h1,3-4,7-14,19H,2,5-6,15-18H2,(H,28,30). The van der Waals surface area contributed by atoms with Crippen LogP contribution < -0.4 is 10.1 Å².